The van der Waals surface area contributed by atoms with Crippen LogP contribution >= 0.6 is 38.9 Å². The van der Waals surface area contributed by atoms with E-state index in [-0.39, 0.29) is 29.5 Å². The third kappa shape index (κ3) is 38.2. The zero-order valence-corrected chi connectivity index (χ0v) is 92.7. The first kappa shape index (κ1) is 122. The van der Waals surface area contributed by atoms with Gasteiger partial charge in [0, 0.05) is 43.4 Å². The van der Waals surface area contributed by atoms with E-state index in [2.05, 4.69) is 286 Å². The maximum atomic E-state index is 13.3. The maximum Gasteiger partial charge on any atom is 0.416 e. The third-order valence-electron chi connectivity index (χ3n) is 23.8. The van der Waals surface area contributed by atoms with Gasteiger partial charge >= 0.3 is 22.9 Å². The summed E-state index contributed by atoms with van der Waals surface area (Å²) >= 11 is 11.4. The number of alkyl halides is 5. The second kappa shape index (κ2) is 60.4. The van der Waals surface area contributed by atoms with E-state index in [0.717, 1.165) is 120 Å². The summed E-state index contributed by atoms with van der Waals surface area (Å²) in [5.74, 6) is 6.04. The number of halogens is 8. The van der Waals surface area contributed by atoms with Crippen LogP contribution in [0.2, 0.25) is 5.02 Å². The minimum atomic E-state index is -4.25. The Bertz CT molecular complexity index is 5620. The van der Waals surface area contributed by atoms with E-state index in [0.29, 0.717) is 59.0 Å². The largest absolute Gasteiger partial charge is 0.494 e. The Hall–Kier alpha value is -8.60. The lowest BCUT2D eigenvalue weighted by Crippen LogP contribution is -2.12. The lowest BCUT2D eigenvalue weighted by Gasteiger charge is -2.18. The lowest BCUT2D eigenvalue weighted by molar-refractivity contribution is -0.138. The Morgan fingerprint density at radius 2 is 0.838 bits per heavy atom. The number of hydrogen-bond donors (Lipinski definition) is 0. The van der Waals surface area contributed by atoms with Gasteiger partial charge in [-0.1, -0.05) is 350 Å². The van der Waals surface area contributed by atoms with Crippen molar-refractivity contribution in [3.63, 3.8) is 0 Å². The summed E-state index contributed by atoms with van der Waals surface area (Å²) in [4.78, 5) is 1.47. The third-order valence-corrected chi connectivity index (χ3v) is 26.6. The van der Waals surface area contributed by atoms with Gasteiger partial charge in [0.1, 0.15) is 23.1 Å². The first-order valence-corrected chi connectivity index (χ1v) is 53.2. The molecule has 748 valence electrons. The monoisotopic (exact) mass is 1990 g/mol. The molecule has 0 atom stereocenters. The predicted molar refractivity (Wildman–Crippen MR) is 582 cm³/mol. The molecule has 0 spiro atoms. The van der Waals surface area contributed by atoms with Gasteiger partial charge in [-0.3, -0.25) is 0 Å². The molecular formula is C120H165BrClF6NO5S2. The van der Waals surface area contributed by atoms with Crippen molar-refractivity contribution in [2.45, 2.75) is 351 Å². The summed E-state index contributed by atoms with van der Waals surface area (Å²) in [5.41, 5.74) is 25.7. The van der Waals surface area contributed by atoms with Crippen LogP contribution < -0.4 is 13.7 Å². The summed E-state index contributed by atoms with van der Waals surface area (Å²) in [6.07, 6.45) is 7.82. The van der Waals surface area contributed by atoms with Crippen molar-refractivity contribution in [2.75, 3.05) is 12.9 Å². The lowest BCUT2D eigenvalue weighted by atomic mass is 9.90. The van der Waals surface area contributed by atoms with Crippen LogP contribution in [0.25, 0.3) is 21.0 Å². The van der Waals surface area contributed by atoms with Crippen molar-refractivity contribution >= 4 is 70.0 Å². The zero-order valence-electron chi connectivity index (χ0n) is 88.7. The van der Waals surface area contributed by atoms with Gasteiger partial charge in [0.2, 0.25) is 0 Å². The normalized spacial score (nSPS) is 11.2. The molecule has 0 aliphatic heterocycles. The molecule has 0 N–H and O–H groups in total. The number of benzene rings is 10. The number of ether oxygens (including phenoxy) is 2. The van der Waals surface area contributed by atoms with Gasteiger partial charge < -0.3 is 18.2 Å². The maximum absolute atomic E-state index is 13.3. The SMILES string of the molecule is CC(C)c1cccc2ccn(C)c12.CCOc1cccc(CC)c1C(C)C.CCc1cc(Br)ccc1C(C)C.CCc1ccc(CC)c(C(C)C)c1.CCc1cccc(C(F)(F)F)c1C(C)C.CCc1cccc(C)c1C(C)C.CCc1cccc(F)c1C(C)C.CCc1cccc(OC(F)F)c1C(C)C.CCc1cccc(OS(C)(=O)=O)c1C(C)C.Cc1c(C(C)C)sc2ccc(Cl)cc12. The van der Waals surface area contributed by atoms with Crippen molar-refractivity contribution in [1.29, 1.82) is 0 Å². The Labute approximate surface area is 836 Å². The van der Waals surface area contributed by atoms with E-state index < -0.39 is 28.5 Å². The fraction of sp³-hybridized carbons (Fsp3) is 0.467. The zero-order chi connectivity index (χ0) is 103. The quantitative estimate of drug-likeness (QED) is 0.0421. The van der Waals surface area contributed by atoms with E-state index in [9.17, 15) is 34.8 Å². The van der Waals surface area contributed by atoms with E-state index in [1.54, 1.807) is 49.7 Å². The molecule has 0 radical (unpaired) electrons. The van der Waals surface area contributed by atoms with Gasteiger partial charge in [-0.15, -0.1) is 11.3 Å². The molecule has 0 aliphatic carbocycles. The minimum absolute atomic E-state index is 0.0654. The fourth-order valence-corrected chi connectivity index (χ4v) is 19.7. The number of fused-ring (bicyclic) bond motifs is 2. The number of para-hydroxylation sites is 1. The van der Waals surface area contributed by atoms with Gasteiger partial charge in [-0.2, -0.15) is 30.4 Å². The molecule has 12 aromatic rings. The highest BCUT2D eigenvalue weighted by Gasteiger charge is 2.35. The van der Waals surface area contributed by atoms with Crippen molar-refractivity contribution in [1.82, 2.24) is 4.57 Å². The molecule has 0 saturated carbocycles. The molecule has 0 bridgehead atoms. The van der Waals surface area contributed by atoms with Crippen LogP contribution in [-0.2, 0) is 81.1 Å². The van der Waals surface area contributed by atoms with Crippen LogP contribution in [0.4, 0.5) is 26.3 Å². The van der Waals surface area contributed by atoms with Crippen LogP contribution in [0.3, 0.4) is 0 Å². The van der Waals surface area contributed by atoms with E-state index >= 15 is 0 Å². The van der Waals surface area contributed by atoms with Crippen molar-refractivity contribution in [2.24, 2.45) is 7.05 Å². The Kier molecular flexibility index (Phi) is 54.0. The van der Waals surface area contributed by atoms with Crippen LogP contribution in [0.15, 0.2) is 199 Å². The number of aryl methyl sites for hydroxylation is 12. The van der Waals surface area contributed by atoms with Crippen LogP contribution in [-0.4, -0.2) is 32.5 Å². The van der Waals surface area contributed by atoms with E-state index in [4.69, 9.17) is 20.5 Å². The molecule has 16 heteroatoms. The predicted octanol–water partition coefficient (Wildman–Crippen LogP) is 38.4. The summed E-state index contributed by atoms with van der Waals surface area (Å²) in [6.45, 7) is 66.1. The van der Waals surface area contributed by atoms with Gasteiger partial charge in [0.25, 0.3) is 0 Å². The van der Waals surface area contributed by atoms with Gasteiger partial charge in [-0.05, 0) is 315 Å². The van der Waals surface area contributed by atoms with Crippen molar-refractivity contribution in [3.8, 4) is 17.2 Å². The highest BCUT2D eigenvalue weighted by molar-refractivity contribution is 9.10. The highest BCUT2D eigenvalue weighted by Crippen LogP contribution is 2.41. The molecule has 12 rings (SSSR count). The first-order valence-electron chi connectivity index (χ1n) is 49.4. The summed E-state index contributed by atoms with van der Waals surface area (Å²) in [5, 5.41) is 3.48. The molecule has 136 heavy (non-hydrogen) atoms. The average Bonchev–Trinajstić information content (AvgIpc) is 1.60. The minimum Gasteiger partial charge on any atom is -0.494 e. The molecule has 10 aromatic carbocycles. The fourth-order valence-electron chi connectivity index (χ4n) is 17.4. The summed E-state index contributed by atoms with van der Waals surface area (Å²) in [7, 11) is -1.35. The van der Waals surface area contributed by atoms with Gasteiger partial charge in [0.05, 0.1) is 23.9 Å². The molecule has 6 nitrogen and oxygen atoms in total. The Balaban J connectivity index is 0.000000389. The van der Waals surface area contributed by atoms with Crippen LogP contribution in [0, 0.1) is 19.7 Å². The van der Waals surface area contributed by atoms with Gasteiger partial charge in [0.15, 0.2) is 0 Å². The second-order valence-corrected chi connectivity index (χ2v) is 41.5. The number of hydrogen-bond acceptors (Lipinski definition) is 6. The molecule has 0 unspecified atom stereocenters. The summed E-state index contributed by atoms with van der Waals surface area (Å²) in [6, 6.07) is 61.8. The Morgan fingerprint density at radius 3 is 1.26 bits per heavy atom. The van der Waals surface area contributed by atoms with E-state index in [1.165, 1.54) is 104 Å². The van der Waals surface area contributed by atoms with Crippen molar-refractivity contribution < 1.29 is 48.4 Å². The van der Waals surface area contributed by atoms with Crippen molar-refractivity contribution in [3.05, 3.63) is 331 Å². The molecule has 0 amide bonds. The molecule has 2 aromatic heterocycles. The number of rotatable bonds is 25. The smallest absolute Gasteiger partial charge is 0.416 e. The van der Waals surface area contributed by atoms with Crippen LogP contribution in [0.1, 0.15) is 389 Å². The molecular weight excluding hydrogens is 1830 g/mol. The van der Waals surface area contributed by atoms with E-state index in [1.807, 2.05) is 111 Å². The number of nitrogens with zero attached hydrogens (tertiary/aromatic N) is 1. The summed E-state index contributed by atoms with van der Waals surface area (Å²) < 4.78 is 118. The highest BCUT2D eigenvalue weighted by atomic mass is 79.9. The molecule has 2 heterocycles. The Morgan fingerprint density at radius 1 is 0.412 bits per heavy atom. The average molecular weight is 2000 g/mol. The van der Waals surface area contributed by atoms with Gasteiger partial charge in [-0.25, -0.2) is 4.39 Å². The van der Waals surface area contributed by atoms with Crippen LogP contribution in [0.5, 0.6) is 17.2 Å². The second-order valence-electron chi connectivity index (χ2n) is 37.5. The first-order chi connectivity index (χ1) is 63.9. The molecule has 0 aliphatic rings. The number of thiophene rings is 1. The molecule has 0 saturated heterocycles. The molecule has 0 fully saturated rings. The standard InChI is InChI=1S/C13H20O.C13H20.C12H13ClS.C12H15F3.C12H16F2O.C12H15N.C12H18O3S.C12H18.C11H15Br.C11H15F/c1-5-11-8-7-9-12(14-6-2)13(11)10(3)4;1-5-11-7-8-12(6-2)13(9-11)10(3)4;1-7(2)12-8(3)10-6-9(13)4-5-11(10)14-12;1-4-9-6-5-7-10(12(13,14)15)11(9)8(2)3;1-4-9-6-5-7-10(15-12(13)14)11(9)8(2)3;1-9(2)11-6-4-5-10-7-8-13(3)12(10)11;1-5-10-7-6-8-11(12(10)9(2)3)15-16(4,13)14;1-5-11-8-6-7-10(4)12(11)9(2)3;1-4-9-7-10(12)5-6-11(9)8(2)3;1-4-9-6-5-7-10(12)11(9)8(2)3/h7-10H,5-6H2,1-4H3;7-10H,5-6H2,1-4H3;4-7H,1-3H3;5-8H,4H2,1-3H3;5-8,12H,4H2,1-3H3;4-9H,1-3H3;6-9H,5H2,1-4H3;6-9H,5H2,1-4H3;2*5-8H,4H2,1-3H3. The number of aromatic nitrogens is 1. The topological polar surface area (TPSA) is 66.8 Å².